The van der Waals surface area contributed by atoms with Crippen molar-refractivity contribution in [2.45, 2.75) is 25.9 Å². The maximum absolute atomic E-state index is 12.9. The molecule has 33 heavy (non-hydrogen) atoms. The molecule has 0 saturated heterocycles. The first-order valence-corrected chi connectivity index (χ1v) is 10.5. The molecule has 2 heterocycles. The van der Waals surface area contributed by atoms with Gasteiger partial charge in [0, 0.05) is 47.2 Å². The lowest BCUT2D eigenvalue weighted by molar-refractivity contribution is 0.102. The summed E-state index contributed by atoms with van der Waals surface area (Å²) in [5.74, 6) is -0.324. The predicted molar refractivity (Wildman–Crippen MR) is 128 cm³/mol. The van der Waals surface area contributed by atoms with Gasteiger partial charge >= 0.3 is 0 Å². The molecule has 0 atom stereocenters. The fourth-order valence-corrected chi connectivity index (χ4v) is 3.91. The number of nitriles is 1. The fraction of sp³-hybridized carbons (Fsp3) is 0.192. The van der Waals surface area contributed by atoms with Crippen LogP contribution in [-0.2, 0) is 19.1 Å². The van der Waals surface area contributed by atoms with Crippen molar-refractivity contribution in [3.05, 3.63) is 88.0 Å². The van der Waals surface area contributed by atoms with Crippen molar-refractivity contribution >= 4 is 22.5 Å². The number of amides is 1. The van der Waals surface area contributed by atoms with E-state index in [0.29, 0.717) is 22.3 Å². The normalized spacial score (nSPS) is 11.4. The second-order valence-electron chi connectivity index (χ2n) is 8.48. The predicted octanol–water partition coefficient (Wildman–Crippen LogP) is 4.08. The van der Waals surface area contributed by atoms with Crippen LogP contribution in [0.2, 0.25) is 0 Å². The highest BCUT2D eigenvalue weighted by Crippen LogP contribution is 2.33. The summed E-state index contributed by atoms with van der Waals surface area (Å²) in [4.78, 5) is 28.3. The molecule has 4 aromatic rings. The molecule has 0 bridgehead atoms. The highest BCUT2D eigenvalue weighted by molar-refractivity contribution is 6.05. The number of aryl methyl sites for hydroxylation is 1. The van der Waals surface area contributed by atoms with Crippen LogP contribution in [0.5, 0.6) is 0 Å². The smallest absolute Gasteiger partial charge is 0.274 e. The first-order valence-electron chi connectivity index (χ1n) is 10.5. The molecule has 2 aromatic heterocycles. The molecule has 0 aliphatic carbocycles. The van der Waals surface area contributed by atoms with Crippen molar-refractivity contribution < 1.29 is 9.90 Å². The first-order chi connectivity index (χ1) is 15.8. The van der Waals surface area contributed by atoms with Gasteiger partial charge in [0.05, 0.1) is 18.1 Å². The van der Waals surface area contributed by atoms with Crippen molar-refractivity contribution in [1.29, 1.82) is 5.26 Å². The van der Waals surface area contributed by atoms with Gasteiger partial charge in [-0.2, -0.15) is 5.26 Å². The fourth-order valence-electron chi connectivity index (χ4n) is 3.91. The van der Waals surface area contributed by atoms with Crippen LogP contribution >= 0.6 is 0 Å². The van der Waals surface area contributed by atoms with Gasteiger partial charge in [-0.15, -0.1) is 0 Å². The van der Waals surface area contributed by atoms with E-state index in [1.54, 1.807) is 55.8 Å². The Labute approximate surface area is 190 Å². The van der Waals surface area contributed by atoms with E-state index in [4.69, 9.17) is 0 Å². The number of carbonyl (C=O) groups is 1. The van der Waals surface area contributed by atoms with E-state index in [9.17, 15) is 20.0 Å². The number of nitrogens with zero attached hydrogens (tertiary/aromatic N) is 2. The molecule has 0 spiro atoms. The summed E-state index contributed by atoms with van der Waals surface area (Å²) in [7, 11) is 1.67. The highest BCUT2D eigenvalue weighted by Gasteiger charge is 2.20. The van der Waals surface area contributed by atoms with Gasteiger partial charge in [-0.05, 0) is 49.2 Å². The molecule has 4 rings (SSSR count). The van der Waals surface area contributed by atoms with Crippen LogP contribution in [0.1, 0.15) is 35.3 Å². The molecule has 2 aromatic carbocycles. The van der Waals surface area contributed by atoms with Crippen LogP contribution in [0, 0.1) is 11.3 Å². The Morgan fingerprint density at radius 1 is 1.15 bits per heavy atom. The van der Waals surface area contributed by atoms with Crippen LogP contribution in [0.15, 0.2) is 65.7 Å². The SMILES string of the molecule is Cn1cc(-c2cccc(NC(=O)c3ccc(C(C)(C)C#N)cc3)c2CO)c2cc[nH]c2c1=O. The largest absolute Gasteiger partial charge is 0.392 e. The molecule has 0 aliphatic heterocycles. The number of aromatic amines is 1. The Kier molecular flexibility index (Phi) is 5.62. The summed E-state index contributed by atoms with van der Waals surface area (Å²) < 4.78 is 1.49. The maximum Gasteiger partial charge on any atom is 0.274 e. The number of fused-ring (bicyclic) bond motifs is 1. The van der Waals surface area contributed by atoms with E-state index in [2.05, 4.69) is 16.4 Å². The van der Waals surface area contributed by atoms with Gasteiger partial charge in [0.1, 0.15) is 5.52 Å². The Hall–Kier alpha value is -4.15. The standard InChI is InChI=1S/C26H24N4O3/c1-26(2,15-27)17-9-7-16(8-10-17)24(32)29-22-6-4-5-18(21(22)14-31)20-13-30(3)25(33)23-19(20)11-12-28-23/h4-13,28,31H,14H2,1-3H3,(H,29,32). The molecule has 0 saturated carbocycles. The zero-order valence-corrected chi connectivity index (χ0v) is 18.6. The number of H-pyrrole nitrogens is 1. The summed E-state index contributed by atoms with van der Waals surface area (Å²) in [6, 6.07) is 16.4. The topological polar surface area (TPSA) is 111 Å². The number of benzene rings is 2. The average molecular weight is 441 g/mol. The Morgan fingerprint density at radius 3 is 2.55 bits per heavy atom. The summed E-state index contributed by atoms with van der Waals surface area (Å²) in [5, 5.41) is 23.1. The third-order valence-electron chi connectivity index (χ3n) is 5.91. The second-order valence-corrected chi connectivity index (χ2v) is 8.48. The number of hydrogen-bond acceptors (Lipinski definition) is 4. The van der Waals surface area contributed by atoms with Crippen molar-refractivity contribution in [1.82, 2.24) is 9.55 Å². The third-order valence-corrected chi connectivity index (χ3v) is 5.91. The van der Waals surface area contributed by atoms with E-state index in [0.717, 1.165) is 22.1 Å². The molecule has 0 unspecified atom stereocenters. The van der Waals surface area contributed by atoms with Gasteiger partial charge in [0.2, 0.25) is 0 Å². The lowest BCUT2D eigenvalue weighted by Gasteiger charge is -2.17. The molecule has 1 amide bonds. The van der Waals surface area contributed by atoms with Crippen LogP contribution in [0.3, 0.4) is 0 Å². The molecule has 166 valence electrons. The number of pyridine rings is 1. The average Bonchev–Trinajstić information content (AvgIpc) is 3.31. The van der Waals surface area contributed by atoms with Gasteiger partial charge in [0.25, 0.3) is 11.5 Å². The number of carbonyl (C=O) groups excluding carboxylic acids is 1. The molecular formula is C26H24N4O3. The number of anilines is 1. The van der Waals surface area contributed by atoms with E-state index >= 15 is 0 Å². The molecule has 7 heteroatoms. The van der Waals surface area contributed by atoms with Gasteiger partial charge in [-0.25, -0.2) is 0 Å². The van der Waals surface area contributed by atoms with E-state index < -0.39 is 5.41 Å². The lowest BCUT2D eigenvalue weighted by atomic mass is 9.86. The van der Waals surface area contributed by atoms with Crippen molar-refractivity contribution in [3.63, 3.8) is 0 Å². The number of aromatic nitrogens is 2. The molecule has 7 nitrogen and oxygen atoms in total. The molecule has 0 radical (unpaired) electrons. The number of rotatable bonds is 5. The Morgan fingerprint density at radius 2 is 1.88 bits per heavy atom. The summed E-state index contributed by atoms with van der Waals surface area (Å²) in [5.41, 5.74) is 3.49. The van der Waals surface area contributed by atoms with Crippen LogP contribution in [-0.4, -0.2) is 20.6 Å². The lowest BCUT2D eigenvalue weighted by Crippen LogP contribution is -2.17. The zero-order chi connectivity index (χ0) is 23.8. The quantitative estimate of drug-likeness (QED) is 0.434. The third kappa shape index (κ3) is 3.93. The molecule has 0 fully saturated rings. The molecular weight excluding hydrogens is 416 g/mol. The minimum Gasteiger partial charge on any atom is -0.392 e. The number of aliphatic hydroxyl groups excluding tert-OH is 1. The monoisotopic (exact) mass is 440 g/mol. The van der Waals surface area contributed by atoms with Gasteiger partial charge in [0.15, 0.2) is 0 Å². The van der Waals surface area contributed by atoms with Crippen molar-refractivity contribution in [3.8, 4) is 17.2 Å². The van der Waals surface area contributed by atoms with Crippen molar-refractivity contribution in [2.24, 2.45) is 7.05 Å². The maximum atomic E-state index is 12.9. The minimum atomic E-state index is -0.646. The van der Waals surface area contributed by atoms with Gasteiger partial charge in [-0.3, -0.25) is 9.59 Å². The summed E-state index contributed by atoms with van der Waals surface area (Å²) in [6.07, 6.45) is 3.44. The molecule has 0 aliphatic rings. The Bertz CT molecular complexity index is 1450. The minimum absolute atomic E-state index is 0.142. The number of aliphatic hydroxyl groups is 1. The van der Waals surface area contributed by atoms with Crippen LogP contribution in [0.25, 0.3) is 22.0 Å². The van der Waals surface area contributed by atoms with Crippen LogP contribution in [0.4, 0.5) is 5.69 Å². The second kappa shape index (κ2) is 8.41. The van der Waals surface area contributed by atoms with Crippen molar-refractivity contribution in [2.75, 3.05) is 5.32 Å². The van der Waals surface area contributed by atoms with Gasteiger partial charge < -0.3 is 20.0 Å². The van der Waals surface area contributed by atoms with E-state index in [1.165, 1.54) is 4.57 Å². The van der Waals surface area contributed by atoms with E-state index in [-0.39, 0.29) is 18.1 Å². The number of hydrogen-bond donors (Lipinski definition) is 3. The van der Waals surface area contributed by atoms with E-state index in [1.807, 2.05) is 26.0 Å². The first kappa shape index (κ1) is 22.1. The highest BCUT2D eigenvalue weighted by atomic mass is 16.3. The van der Waals surface area contributed by atoms with Gasteiger partial charge in [-0.1, -0.05) is 24.3 Å². The summed E-state index contributed by atoms with van der Waals surface area (Å²) >= 11 is 0. The van der Waals surface area contributed by atoms with Crippen LogP contribution < -0.4 is 10.9 Å². The molecule has 3 N–H and O–H groups in total. The number of nitrogens with one attached hydrogen (secondary N) is 2. The summed E-state index contributed by atoms with van der Waals surface area (Å²) in [6.45, 7) is 3.35. The Balaban J connectivity index is 1.72. The zero-order valence-electron chi connectivity index (χ0n) is 18.6.